The molecule has 5 unspecified atom stereocenters. The number of fused-ring (bicyclic) bond motifs is 1. The Balaban J connectivity index is 1.23. The fourth-order valence-corrected chi connectivity index (χ4v) is 6.11. The van der Waals surface area contributed by atoms with E-state index in [1.807, 2.05) is 17.8 Å². The number of carbonyl (C=O) groups excluding carboxylic acids is 1. The molecule has 1 aromatic rings. The summed E-state index contributed by atoms with van der Waals surface area (Å²) in [6, 6.07) is 2.35. The second-order valence-electron chi connectivity index (χ2n) is 8.40. The molecule has 26 heavy (non-hydrogen) atoms. The lowest BCUT2D eigenvalue weighted by Crippen LogP contribution is -2.49. The van der Waals surface area contributed by atoms with Crippen molar-refractivity contribution in [2.75, 3.05) is 26.8 Å². The van der Waals surface area contributed by atoms with Crippen molar-refractivity contribution < 1.29 is 14.3 Å². The lowest BCUT2D eigenvalue weighted by Gasteiger charge is -2.31. The maximum Gasteiger partial charge on any atom is 0.317 e. The van der Waals surface area contributed by atoms with E-state index >= 15 is 0 Å². The molecule has 5 rings (SSSR count). The quantitative estimate of drug-likeness (QED) is 0.885. The fraction of sp³-hybridized carbons (Fsp3) is 0.789. The summed E-state index contributed by atoms with van der Waals surface area (Å²) in [4.78, 5) is 15.0. The van der Waals surface area contributed by atoms with Crippen LogP contribution in [-0.4, -0.2) is 59.7 Å². The lowest BCUT2D eigenvalue weighted by atomic mass is 9.88. The summed E-state index contributed by atoms with van der Waals surface area (Å²) in [5.41, 5.74) is 1.08. The van der Waals surface area contributed by atoms with E-state index in [0.29, 0.717) is 30.2 Å². The summed E-state index contributed by atoms with van der Waals surface area (Å²) in [5.74, 6) is 2.27. The number of methoxy groups -OCH3 is 1. The predicted octanol–water partition coefficient (Wildman–Crippen LogP) is 1.56. The number of carbonyl (C=O) groups is 1. The summed E-state index contributed by atoms with van der Waals surface area (Å²) in [6.07, 6.45) is 5.46. The van der Waals surface area contributed by atoms with Gasteiger partial charge in [-0.2, -0.15) is 5.10 Å². The Hall–Kier alpha value is -1.60. The smallest absolute Gasteiger partial charge is 0.317 e. The van der Waals surface area contributed by atoms with Gasteiger partial charge in [-0.3, -0.25) is 4.68 Å². The number of hydrogen-bond acceptors (Lipinski definition) is 4. The zero-order valence-corrected chi connectivity index (χ0v) is 15.5. The molecule has 142 valence electrons. The molecule has 7 heteroatoms. The van der Waals surface area contributed by atoms with Crippen LogP contribution >= 0.6 is 0 Å². The van der Waals surface area contributed by atoms with Gasteiger partial charge in [-0.1, -0.05) is 0 Å². The number of ether oxygens (including phenoxy) is 2. The average Bonchev–Trinajstić information content (AvgIpc) is 3.39. The fourth-order valence-electron chi connectivity index (χ4n) is 6.11. The van der Waals surface area contributed by atoms with Gasteiger partial charge in [0.1, 0.15) is 6.10 Å². The summed E-state index contributed by atoms with van der Waals surface area (Å²) in [5, 5.41) is 7.44. The number of likely N-dealkylation sites (tertiary alicyclic amines) is 1. The molecule has 1 aromatic heterocycles. The van der Waals surface area contributed by atoms with Crippen LogP contribution in [0.5, 0.6) is 0 Å². The summed E-state index contributed by atoms with van der Waals surface area (Å²) >= 11 is 0. The van der Waals surface area contributed by atoms with Crippen molar-refractivity contribution in [3.8, 4) is 0 Å². The standard InChI is InChI=1S/C19H28N4O3/c1-22-15(3-5-21-22)17-11(4-6-26-17)9-20-19(24)23-10-13-7-12-8-14(13)16(23)18(12)25-2/h3,5,11-14,16-18H,4,6-10H2,1-2H3,(H,20,24)/t11-,12?,13?,14?,16?,17+,18?/m0/s1. The number of hydrogen-bond donors (Lipinski definition) is 1. The summed E-state index contributed by atoms with van der Waals surface area (Å²) < 4.78 is 13.6. The number of amides is 2. The predicted molar refractivity (Wildman–Crippen MR) is 94.4 cm³/mol. The van der Waals surface area contributed by atoms with Gasteiger partial charge in [-0.25, -0.2) is 4.79 Å². The highest BCUT2D eigenvalue weighted by Crippen LogP contribution is 2.55. The van der Waals surface area contributed by atoms with Crippen LogP contribution in [0.15, 0.2) is 12.3 Å². The molecule has 2 aliphatic heterocycles. The SMILES string of the molecule is COC1C2CC3CN(C(=O)NC[C@@H]4CCO[C@H]4c4ccnn4C)C1C3C2. The minimum atomic E-state index is 0.0140. The Morgan fingerprint density at radius 2 is 2.31 bits per heavy atom. The summed E-state index contributed by atoms with van der Waals surface area (Å²) in [6.45, 7) is 2.28. The topological polar surface area (TPSA) is 68.6 Å². The van der Waals surface area contributed by atoms with E-state index in [2.05, 4.69) is 15.3 Å². The van der Waals surface area contributed by atoms with Gasteiger partial charge < -0.3 is 19.7 Å². The van der Waals surface area contributed by atoms with Gasteiger partial charge in [0.15, 0.2) is 0 Å². The summed E-state index contributed by atoms with van der Waals surface area (Å²) in [7, 11) is 3.73. The molecule has 2 bridgehead atoms. The third kappa shape index (κ3) is 2.40. The second kappa shape index (κ2) is 6.23. The zero-order chi connectivity index (χ0) is 17.8. The Labute approximate surface area is 154 Å². The third-order valence-electron chi connectivity index (χ3n) is 7.23. The Morgan fingerprint density at radius 1 is 1.42 bits per heavy atom. The zero-order valence-electron chi connectivity index (χ0n) is 15.5. The molecule has 7 nitrogen and oxygen atoms in total. The van der Waals surface area contributed by atoms with Crippen molar-refractivity contribution in [2.24, 2.45) is 30.7 Å². The highest BCUT2D eigenvalue weighted by molar-refractivity contribution is 5.75. The van der Waals surface area contributed by atoms with Gasteiger partial charge in [-0.15, -0.1) is 0 Å². The Morgan fingerprint density at radius 3 is 3.08 bits per heavy atom. The van der Waals surface area contributed by atoms with Crippen LogP contribution in [0.2, 0.25) is 0 Å². The highest BCUT2D eigenvalue weighted by atomic mass is 16.5. The molecule has 2 saturated carbocycles. The van der Waals surface area contributed by atoms with Crippen LogP contribution in [0, 0.1) is 23.7 Å². The van der Waals surface area contributed by atoms with E-state index in [4.69, 9.17) is 9.47 Å². The minimum absolute atomic E-state index is 0.0140. The van der Waals surface area contributed by atoms with Gasteiger partial charge in [0, 0.05) is 46.0 Å². The lowest BCUT2D eigenvalue weighted by molar-refractivity contribution is 0.0187. The van der Waals surface area contributed by atoms with E-state index in [-0.39, 0.29) is 24.3 Å². The van der Waals surface area contributed by atoms with Crippen LogP contribution in [0.3, 0.4) is 0 Å². The number of nitrogens with zero attached hydrogens (tertiary/aromatic N) is 3. The molecule has 1 N–H and O–H groups in total. The molecule has 4 fully saturated rings. The molecule has 3 heterocycles. The van der Waals surface area contributed by atoms with E-state index in [9.17, 15) is 4.79 Å². The molecule has 0 aromatic carbocycles. The van der Waals surface area contributed by atoms with Crippen molar-refractivity contribution in [1.29, 1.82) is 0 Å². The molecule has 7 atom stereocenters. The van der Waals surface area contributed by atoms with E-state index in [1.54, 1.807) is 13.3 Å². The third-order valence-corrected chi connectivity index (χ3v) is 7.23. The van der Waals surface area contributed by atoms with Crippen molar-refractivity contribution in [1.82, 2.24) is 20.0 Å². The molecule has 0 radical (unpaired) electrons. The van der Waals surface area contributed by atoms with Crippen LogP contribution in [0.25, 0.3) is 0 Å². The van der Waals surface area contributed by atoms with E-state index < -0.39 is 0 Å². The molecule has 2 aliphatic carbocycles. The Kier molecular flexibility index (Phi) is 3.97. The van der Waals surface area contributed by atoms with Crippen LogP contribution < -0.4 is 5.32 Å². The van der Waals surface area contributed by atoms with Crippen molar-refractivity contribution in [3.63, 3.8) is 0 Å². The number of aryl methyl sites for hydroxylation is 1. The van der Waals surface area contributed by atoms with Gasteiger partial charge in [-0.05, 0) is 43.1 Å². The van der Waals surface area contributed by atoms with Crippen molar-refractivity contribution in [3.05, 3.63) is 18.0 Å². The molecular formula is C19H28N4O3. The first-order chi connectivity index (χ1) is 12.7. The van der Waals surface area contributed by atoms with Crippen LogP contribution in [-0.2, 0) is 16.5 Å². The normalized spacial score (nSPS) is 40.5. The number of urea groups is 1. The molecule has 4 aliphatic rings. The van der Waals surface area contributed by atoms with Gasteiger partial charge in [0.05, 0.1) is 17.8 Å². The molecule has 2 amide bonds. The second-order valence-corrected chi connectivity index (χ2v) is 8.40. The van der Waals surface area contributed by atoms with Gasteiger partial charge in [0.25, 0.3) is 0 Å². The maximum absolute atomic E-state index is 12.9. The van der Waals surface area contributed by atoms with E-state index in [1.165, 1.54) is 12.8 Å². The first-order valence-electron chi connectivity index (χ1n) is 9.84. The van der Waals surface area contributed by atoms with Gasteiger partial charge >= 0.3 is 6.03 Å². The number of rotatable bonds is 4. The average molecular weight is 360 g/mol. The number of aromatic nitrogens is 2. The van der Waals surface area contributed by atoms with Crippen molar-refractivity contribution in [2.45, 2.75) is 37.5 Å². The highest BCUT2D eigenvalue weighted by Gasteiger charge is 2.60. The van der Waals surface area contributed by atoms with Crippen molar-refractivity contribution >= 4 is 6.03 Å². The monoisotopic (exact) mass is 360 g/mol. The first kappa shape index (κ1) is 16.6. The molecular weight excluding hydrogens is 332 g/mol. The minimum Gasteiger partial charge on any atom is -0.379 e. The van der Waals surface area contributed by atoms with Crippen LogP contribution in [0.4, 0.5) is 4.79 Å². The molecule has 2 saturated heterocycles. The number of nitrogens with one attached hydrogen (secondary N) is 1. The van der Waals surface area contributed by atoms with Gasteiger partial charge in [0.2, 0.25) is 0 Å². The molecule has 0 spiro atoms. The first-order valence-corrected chi connectivity index (χ1v) is 9.84. The maximum atomic E-state index is 12.9. The largest absolute Gasteiger partial charge is 0.379 e. The van der Waals surface area contributed by atoms with E-state index in [0.717, 1.165) is 25.3 Å². The van der Waals surface area contributed by atoms with Crippen LogP contribution in [0.1, 0.15) is 31.1 Å². The Bertz CT molecular complexity index is 690.